The predicted molar refractivity (Wildman–Crippen MR) is 132 cm³/mol. The molecule has 6 nitrogen and oxygen atoms in total. The highest BCUT2D eigenvalue weighted by molar-refractivity contribution is 7.19. The molecule has 0 bridgehead atoms. The predicted octanol–water partition coefficient (Wildman–Crippen LogP) is 5.10. The van der Waals surface area contributed by atoms with Gasteiger partial charge in [0.25, 0.3) is 0 Å². The normalized spacial score (nSPS) is 16.3. The molecule has 1 fully saturated rings. The third-order valence-corrected chi connectivity index (χ3v) is 8.06. The number of carbonyl (C=O) groups is 1. The van der Waals surface area contributed by atoms with E-state index in [1.165, 1.54) is 40.7 Å². The molecule has 0 atom stereocenters. The largest absolute Gasteiger partial charge is 0.352 e. The standard InChI is InChI=1S/C25H31N5OS/c1-4-21-27-23(22-18-9-5-6-11-20(18)32-24(22)28-21)29-12-14-30(15-13-29)25(31)26-19-10-7-8-16(2)17(19)3/h7-8,10H,4-6,9,11-15H2,1-3H3,(H,26,31). The van der Waals surface area contributed by atoms with E-state index in [9.17, 15) is 4.79 Å². The number of nitrogens with one attached hydrogen (secondary N) is 1. The van der Waals surface area contributed by atoms with Crippen molar-refractivity contribution in [1.82, 2.24) is 14.9 Å². The summed E-state index contributed by atoms with van der Waals surface area (Å²) < 4.78 is 0. The molecule has 0 spiro atoms. The summed E-state index contributed by atoms with van der Waals surface area (Å²) in [5.74, 6) is 2.00. The monoisotopic (exact) mass is 449 g/mol. The van der Waals surface area contributed by atoms with E-state index in [4.69, 9.17) is 9.97 Å². The summed E-state index contributed by atoms with van der Waals surface area (Å²) in [6.07, 6.45) is 5.67. The Labute approximate surface area is 193 Å². The van der Waals surface area contributed by atoms with Crippen LogP contribution in [0.2, 0.25) is 0 Å². The average molecular weight is 450 g/mol. The van der Waals surface area contributed by atoms with E-state index in [0.29, 0.717) is 13.1 Å². The number of amides is 2. The highest BCUT2D eigenvalue weighted by Crippen LogP contribution is 2.40. The molecule has 2 aliphatic rings. The summed E-state index contributed by atoms with van der Waals surface area (Å²) in [6, 6.07) is 6.01. The van der Waals surface area contributed by atoms with Crippen LogP contribution in [0, 0.1) is 13.8 Å². The minimum absolute atomic E-state index is 0.0201. The zero-order chi connectivity index (χ0) is 22.2. The first kappa shape index (κ1) is 21.2. The summed E-state index contributed by atoms with van der Waals surface area (Å²) >= 11 is 1.86. The Morgan fingerprint density at radius 2 is 1.88 bits per heavy atom. The molecule has 2 aromatic heterocycles. The fourth-order valence-corrected chi connectivity index (χ4v) is 6.04. The van der Waals surface area contributed by atoms with Crippen LogP contribution in [0.5, 0.6) is 0 Å². The van der Waals surface area contributed by atoms with Gasteiger partial charge < -0.3 is 15.1 Å². The second-order valence-corrected chi connectivity index (χ2v) is 9.94. The van der Waals surface area contributed by atoms with Crippen LogP contribution in [0.25, 0.3) is 10.2 Å². The van der Waals surface area contributed by atoms with Crippen LogP contribution in [0.4, 0.5) is 16.3 Å². The maximum Gasteiger partial charge on any atom is 0.321 e. The van der Waals surface area contributed by atoms with Crippen molar-refractivity contribution < 1.29 is 4.79 Å². The van der Waals surface area contributed by atoms with Crippen LogP contribution in [-0.2, 0) is 19.3 Å². The molecule has 2 amide bonds. The molecule has 0 radical (unpaired) electrons. The highest BCUT2D eigenvalue weighted by Gasteiger charge is 2.27. The highest BCUT2D eigenvalue weighted by atomic mass is 32.1. The van der Waals surface area contributed by atoms with Gasteiger partial charge >= 0.3 is 6.03 Å². The van der Waals surface area contributed by atoms with Gasteiger partial charge in [-0.05, 0) is 62.3 Å². The molecular weight excluding hydrogens is 418 g/mol. The minimum atomic E-state index is -0.0201. The summed E-state index contributed by atoms with van der Waals surface area (Å²) in [5, 5.41) is 4.38. The maximum atomic E-state index is 12.9. The number of thiophene rings is 1. The number of benzene rings is 1. The van der Waals surface area contributed by atoms with Gasteiger partial charge in [0.05, 0.1) is 5.39 Å². The molecule has 32 heavy (non-hydrogen) atoms. The Balaban J connectivity index is 1.35. The second kappa shape index (κ2) is 8.70. The van der Waals surface area contributed by atoms with Gasteiger partial charge in [-0.1, -0.05) is 19.1 Å². The molecule has 168 valence electrons. The van der Waals surface area contributed by atoms with Crippen LogP contribution < -0.4 is 10.2 Å². The van der Waals surface area contributed by atoms with Gasteiger partial charge in [-0.15, -0.1) is 11.3 Å². The lowest BCUT2D eigenvalue weighted by Gasteiger charge is -2.36. The van der Waals surface area contributed by atoms with Gasteiger partial charge in [0.15, 0.2) is 0 Å². The molecule has 1 aliphatic carbocycles. The van der Waals surface area contributed by atoms with E-state index in [1.54, 1.807) is 0 Å². The van der Waals surface area contributed by atoms with E-state index >= 15 is 0 Å². The molecule has 7 heteroatoms. The van der Waals surface area contributed by atoms with Crippen LogP contribution >= 0.6 is 11.3 Å². The molecule has 1 saturated heterocycles. The maximum absolute atomic E-state index is 12.9. The Hall–Kier alpha value is -2.67. The van der Waals surface area contributed by atoms with Crippen molar-refractivity contribution in [2.45, 2.75) is 52.9 Å². The summed E-state index contributed by atoms with van der Waals surface area (Å²) in [7, 11) is 0. The number of aryl methyl sites for hydroxylation is 4. The molecule has 1 aliphatic heterocycles. The zero-order valence-corrected chi connectivity index (χ0v) is 20.0. The lowest BCUT2D eigenvalue weighted by molar-refractivity contribution is 0.208. The van der Waals surface area contributed by atoms with Crippen LogP contribution in [0.1, 0.15) is 47.2 Å². The fourth-order valence-electron chi connectivity index (χ4n) is 4.77. The van der Waals surface area contributed by atoms with Gasteiger partial charge in [-0.25, -0.2) is 14.8 Å². The van der Waals surface area contributed by atoms with E-state index < -0.39 is 0 Å². The first-order chi connectivity index (χ1) is 15.5. The molecule has 0 saturated carbocycles. The van der Waals surface area contributed by atoms with Crippen molar-refractivity contribution in [1.29, 1.82) is 0 Å². The van der Waals surface area contributed by atoms with Crippen LogP contribution in [0.15, 0.2) is 18.2 Å². The Morgan fingerprint density at radius 3 is 2.66 bits per heavy atom. The zero-order valence-electron chi connectivity index (χ0n) is 19.2. The quantitative estimate of drug-likeness (QED) is 0.604. The number of hydrogen-bond acceptors (Lipinski definition) is 5. The van der Waals surface area contributed by atoms with Crippen molar-refractivity contribution in [3.63, 3.8) is 0 Å². The third-order valence-electron chi connectivity index (χ3n) is 6.87. The average Bonchev–Trinajstić information content (AvgIpc) is 3.20. The van der Waals surface area contributed by atoms with Gasteiger partial charge in [-0.3, -0.25) is 0 Å². The number of piperazine rings is 1. The van der Waals surface area contributed by atoms with E-state index in [1.807, 2.05) is 28.4 Å². The van der Waals surface area contributed by atoms with Gasteiger partial charge in [0.1, 0.15) is 16.5 Å². The summed E-state index contributed by atoms with van der Waals surface area (Å²) in [4.78, 5) is 29.7. The van der Waals surface area contributed by atoms with Gasteiger partial charge in [0, 0.05) is 43.2 Å². The molecular formula is C25H31N5OS. The number of carbonyl (C=O) groups excluding carboxylic acids is 1. The first-order valence-corrected chi connectivity index (χ1v) is 12.5. The SMILES string of the molecule is CCc1nc(N2CCN(C(=O)Nc3cccc(C)c3C)CC2)c2c3c(sc2n1)CCCC3. The molecule has 5 rings (SSSR count). The van der Waals surface area contributed by atoms with Crippen molar-refractivity contribution >= 4 is 39.1 Å². The van der Waals surface area contributed by atoms with Gasteiger partial charge in [0.2, 0.25) is 0 Å². The van der Waals surface area contributed by atoms with Crippen molar-refractivity contribution in [3.05, 3.63) is 45.6 Å². The van der Waals surface area contributed by atoms with Crippen molar-refractivity contribution in [3.8, 4) is 0 Å². The third kappa shape index (κ3) is 3.83. The number of anilines is 2. The molecule has 3 aromatic rings. The number of fused-ring (bicyclic) bond motifs is 3. The lowest BCUT2D eigenvalue weighted by atomic mass is 9.97. The van der Waals surface area contributed by atoms with Crippen molar-refractivity contribution in [2.24, 2.45) is 0 Å². The van der Waals surface area contributed by atoms with Crippen LogP contribution in [-0.4, -0.2) is 47.1 Å². The number of nitrogens with zero attached hydrogens (tertiary/aromatic N) is 4. The Kier molecular flexibility index (Phi) is 5.76. The Morgan fingerprint density at radius 1 is 1.09 bits per heavy atom. The number of rotatable bonds is 3. The number of urea groups is 1. The van der Waals surface area contributed by atoms with E-state index in [0.717, 1.165) is 53.7 Å². The summed E-state index contributed by atoms with van der Waals surface area (Å²) in [6.45, 7) is 9.20. The van der Waals surface area contributed by atoms with E-state index in [-0.39, 0.29) is 6.03 Å². The van der Waals surface area contributed by atoms with Gasteiger partial charge in [-0.2, -0.15) is 0 Å². The Bertz CT molecular complexity index is 1160. The smallest absolute Gasteiger partial charge is 0.321 e. The lowest BCUT2D eigenvalue weighted by Crippen LogP contribution is -2.50. The summed E-state index contributed by atoms with van der Waals surface area (Å²) in [5.41, 5.74) is 4.68. The van der Waals surface area contributed by atoms with E-state index in [2.05, 4.69) is 37.1 Å². The first-order valence-electron chi connectivity index (χ1n) is 11.7. The number of hydrogen-bond donors (Lipinski definition) is 1. The fraction of sp³-hybridized carbons (Fsp3) is 0.480. The molecule has 3 heterocycles. The molecule has 0 unspecified atom stereocenters. The number of aromatic nitrogens is 2. The molecule has 1 aromatic carbocycles. The second-order valence-electron chi connectivity index (χ2n) is 8.86. The minimum Gasteiger partial charge on any atom is -0.352 e. The molecule has 1 N–H and O–H groups in total. The van der Waals surface area contributed by atoms with Crippen LogP contribution in [0.3, 0.4) is 0 Å². The topological polar surface area (TPSA) is 61.4 Å². The van der Waals surface area contributed by atoms with Crippen molar-refractivity contribution in [2.75, 3.05) is 36.4 Å².